The number of nitrogens with zero attached hydrogens (tertiary/aromatic N) is 4. The van der Waals surface area contributed by atoms with Crippen molar-refractivity contribution in [2.45, 2.75) is 44.9 Å². The fourth-order valence-corrected chi connectivity index (χ4v) is 3.15. The Morgan fingerprint density at radius 2 is 2.00 bits per heavy atom. The van der Waals surface area contributed by atoms with Crippen LogP contribution in [0.25, 0.3) is 0 Å². The molecule has 27 heavy (non-hydrogen) atoms. The molecule has 0 aliphatic carbocycles. The van der Waals surface area contributed by atoms with E-state index in [1.165, 1.54) is 10.7 Å². The zero-order valence-corrected chi connectivity index (χ0v) is 15.3. The van der Waals surface area contributed by atoms with Crippen LogP contribution >= 0.6 is 0 Å². The van der Waals surface area contributed by atoms with Crippen molar-refractivity contribution >= 4 is 5.95 Å². The maximum absolute atomic E-state index is 12.8. The van der Waals surface area contributed by atoms with Gasteiger partial charge >= 0.3 is 6.18 Å². The minimum Gasteiger partial charge on any atom is -0.353 e. The third-order valence-electron chi connectivity index (χ3n) is 4.71. The molecule has 2 aromatic rings. The van der Waals surface area contributed by atoms with Crippen LogP contribution < -0.4 is 10.9 Å². The van der Waals surface area contributed by atoms with E-state index < -0.39 is 11.9 Å². The molecule has 0 unspecified atom stereocenters. The largest absolute Gasteiger partial charge is 0.435 e. The van der Waals surface area contributed by atoms with Crippen molar-refractivity contribution < 1.29 is 13.2 Å². The zero-order chi connectivity index (χ0) is 19.6. The van der Waals surface area contributed by atoms with Gasteiger partial charge in [0.25, 0.3) is 5.56 Å². The Morgan fingerprint density at radius 1 is 1.30 bits per heavy atom. The molecular weight excluding hydrogens is 361 g/mol. The van der Waals surface area contributed by atoms with Crippen LogP contribution in [0.15, 0.2) is 16.9 Å². The van der Waals surface area contributed by atoms with Gasteiger partial charge in [0.15, 0.2) is 5.69 Å². The molecule has 0 saturated carbocycles. The molecule has 3 heterocycles. The van der Waals surface area contributed by atoms with Crippen LogP contribution in [0, 0.1) is 6.92 Å². The minimum absolute atomic E-state index is 0.214. The first-order valence-electron chi connectivity index (χ1n) is 8.87. The minimum atomic E-state index is -4.47. The summed E-state index contributed by atoms with van der Waals surface area (Å²) in [4.78, 5) is 21.2. The second kappa shape index (κ2) is 7.71. The summed E-state index contributed by atoms with van der Waals surface area (Å²) in [5.74, 6) is 0.403. The lowest BCUT2D eigenvalue weighted by atomic mass is 10.1. The number of rotatable bonds is 5. The molecule has 7 nitrogen and oxygen atoms in total. The van der Waals surface area contributed by atoms with Crippen LogP contribution in [-0.4, -0.2) is 50.8 Å². The lowest BCUT2D eigenvalue weighted by Crippen LogP contribution is -2.37. The van der Waals surface area contributed by atoms with E-state index in [4.69, 9.17) is 0 Å². The number of likely N-dealkylation sites (tertiary alicyclic amines) is 1. The highest BCUT2D eigenvalue weighted by atomic mass is 19.4. The quantitative estimate of drug-likeness (QED) is 0.825. The Hall–Kier alpha value is -2.36. The molecule has 0 aromatic carbocycles. The van der Waals surface area contributed by atoms with E-state index in [1.54, 1.807) is 6.92 Å². The van der Waals surface area contributed by atoms with Gasteiger partial charge in [-0.25, -0.2) is 4.98 Å². The van der Waals surface area contributed by atoms with E-state index in [9.17, 15) is 18.0 Å². The van der Waals surface area contributed by atoms with E-state index in [0.29, 0.717) is 23.8 Å². The molecule has 0 radical (unpaired) electrons. The number of hydrogen-bond donors (Lipinski definition) is 2. The van der Waals surface area contributed by atoms with Crippen LogP contribution in [0.3, 0.4) is 0 Å². The maximum atomic E-state index is 12.8. The highest BCUT2D eigenvalue weighted by molar-refractivity contribution is 5.27. The van der Waals surface area contributed by atoms with Crippen LogP contribution in [0.1, 0.15) is 29.9 Å². The molecule has 0 spiro atoms. The van der Waals surface area contributed by atoms with E-state index in [0.717, 1.165) is 32.0 Å². The van der Waals surface area contributed by atoms with Gasteiger partial charge < -0.3 is 10.2 Å². The van der Waals surface area contributed by atoms with Gasteiger partial charge in [-0.15, -0.1) is 0 Å². The van der Waals surface area contributed by atoms with E-state index in [1.807, 2.05) is 0 Å². The Morgan fingerprint density at radius 3 is 2.63 bits per heavy atom. The molecule has 0 bridgehead atoms. The average molecular weight is 384 g/mol. The number of alkyl halides is 3. The SMILES string of the molecule is Cc1cc(C(F)(F)F)nn1CCc1cc(=O)[nH]c(NC2CCN(C)CC2)n1. The first kappa shape index (κ1) is 19.4. The molecule has 1 aliphatic rings. The summed E-state index contributed by atoms with van der Waals surface area (Å²) in [5.41, 5.74) is -0.276. The highest BCUT2D eigenvalue weighted by Gasteiger charge is 2.34. The van der Waals surface area contributed by atoms with Crippen molar-refractivity contribution in [1.82, 2.24) is 24.6 Å². The smallest absolute Gasteiger partial charge is 0.353 e. The fourth-order valence-electron chi connectivity index (χ4n) is 3.15. The van der Waals surface area contributed by atoms with Crippen molar-refractivity contribution in [2.75, 3.05) is 25.5 Å². The lowest BCUT2D eigenvalue weighted by molar-refractivity contribution is -0.141. The molecule has 3 rings (SSSR count). The van der Waals surface area contributed by atoms with E-state index in [2.05, 4.69) is 32.3 Å². The molecule has 1 aliphatic heterocycles. The molecule has 2 aromatic heterocycles. The molecule has 0 atom stereocenters. The number of anilines is 1. The van der Waals surface area contributed by atoms with Crippen molar-refractivity contribution in [1.29, 1.82) is 0 Å². The summed E-state index contributed by atoms with van der Waals surface area (Å²) >= 11 is 0. The summed E-state index contributed by atoms with van der Waals surface area (Å²) in [6.07, 6.45) is -2.25. The van der Waals surface area contributed by atoms with Crippen molar-refractivity contribution in [2.24, 2.45) is 0 Å². The summed E-state index contributed by atoms with van der Waals surface area (Å²) < 4.78 is 39.5. The lowest BCUT2D eigenvalue weighted by Gasteiger charge is -2.29. The van der Waals surface area contributed by atoms with E-state index in [-0.39, 0.29) is 18.1 Å². The van der Waals surface area contributed by atoms with E-state index >= 15 is 0 Å². The Balaban J connectivity index is 1.66. The number of hydrogen-bond acceptors (Lipinski definition) is 5. The fraction of sp³-hybridized carbons (Fsp3) is 0.588. The first-order chi connectivity index (χ1) is 12.7. The molecule has 148 valence electrons. The summed E-state index contributed by atoms with van der Waals surface area (Å²) in [7, 11) is 2.07. The number of piperidine rings is 1. The van der Waals surface area contributed by atoms with Crippen molar-refractivity contribution in [3.05, 3.63) is 39.6 Å². The normalized spacial score (nSPS) is 16.6. The van der Waals surface area contributed by atoms with Crippen LogP contribution in [0.4, 0.5) is 19.1 Å². The second-order valence-electron chi connectivity index (χ2n) is 6.95. The molecule has 1 fully saturated rings. The Labute approximate surface area is 154 Å². The van der Waals surface area contributed by atoms with Gasteiger partial charge in [-0.2, -0.15) is 18.3 Å². The van der Waals surface area contributed by atoms with Crippen LogP contribution in [0.2, 0.25) is 0 Å². The Kier molecular flexibility index (Phi) is 5.54. The van der Waals surface area contributed by atoms with Crippen molar-refractivity contribution in [3.63, 3.8) is 0 Å². The number of aryl methyl sites for hydroxylation is 3. The van der Waals surface area contributed by atoms with Gasteiger partial charge in [0.1, 0.15) is 0 Å². The summed E-state index contributed by atoms with van der Waals surface area (Å²) in [6.45, 7) is 3.73. The predicted molar refractivity (Wildman–Crippen MR) is 94.7 cm³/mol. The van der Waals surface area contributed by atoms with Gasteiger partial charge in [0.05, 0.1) is 5.69 Å². The zero-order valence-electron chi connectivity index (χ0n) is 15.3. The Bertz CT molecular complexity index is 836. The van der Waals surface area contributed by atoms with Gasteiger partial charge in [0.2, 0.25) is 5.95 Å². The standard InChI is InChI=1S/C17H23F3N6O/c1-11-9-14(17(18,19)20)24-26(11)8-5-13-10-15(27)23-16(22-13)21-12-3-6-25(2)7-4-12/h9-10,12H,3-8H2,1-2H3,(H2,21,22,23,27). The number of nitrogens with one attached hydrogen (secondary N) is 2. The number of halogens is 3. The number of H-pyrrole nitrogens is 1. The monoisotopic (exact) mass is 384 g/mol. The number of aromatic nitrogens is 4. The van der Waals surface area contributed by atoms with Gasteiger partial charge in [-0.05, 0) is 46.0 Å². The predicted octanol–water partition coefficient (Wildman–Crippen LogP) is 2.04. The number of aromatic amines is 1. The van der Waals surface area contributed by atoms with Gasteiger partial charge in [0, 0.05) is 30.8 Å². The third kappa shape index (κ3) is 5.09. The molecular formula is C17H23F3N6O. The summed E-state index contributed by atoms with van der Waals surface area (Å²) in [5, 5.41) is 6.85. The molecule has 10 heteroatoms. The molecule has 1 saturated heterocycles. The third-order valence-corrected chi connectivity index (χ3v) is 4.71. The maximum Gasteiger partial charge on any atom is 0.435 e. The summed E-state index contributed by atoms with van der Waals surface area (Å²) in [6, 6.07) is 2.61. The second-order valence-corrected chi connectivity index (χ2v) is 6.95. The van der Waals surface area contributed by atoms with Gasteiger partial charge in [-0.1, -0.05) is 0 Å². The average Bonchev–Trinajstić information content (AvgIpc) is 2.96. The van der Waals surface area contributed by atoms with Gasteiger partial charge in [-0.3, -0.25) is 14.5 Å². The first-order valence-corrected chi connectivity index (χ1v) is 8.87. The highest BCUT2D eigenvalue weighted by Crippen LogP contribution is 2.28. The van der Waals surface area contributed by atoms with Crippen molar-refractivity contribution in [3.8, 4) is 0 Å². The molecule has 2 N–H and O–H groups in total. The van der Waals surface area contributed by atoms with Crippen LogP contribution in [0.5, 0.6) is 0 Å². The molecule has 0 amide bonds. The topological polar surface area (TPSA) is 78.8 Å². The van der Waals surface area contributed by atoms with Crippen LogP contribution in [-0.2, 0) is 19.1 Å².